The lowest BCUT2D eigenvalue weighted by molar-refractivity contribution is -0.138. The summed E-state index contributed by atoms with van der Waals surface area (Å²) in [5, 5.41) is 3.16. The Balaban J connectivity index is 0.000000686. The summed E-state index contributed by atoms with van der Waals surface area (Å²) < 4.78 is 0. The predicted molar refractivity (Wildman–Crippen MR) is 71.8 cm³/mol. The fraction of sp³-hybridized carbons (Fsp3) is 0.929. The van der Waals surface area contributed by atoms with Crippen molar-refractivity contribution in [1.29, 1.82) is 0 Å². The summed E-state index contributed by atoms with van der Waals surface area (Å²) in [4.78, 5) is 14.0. The Morgan fingerprint density at radius 1 is 1.18 bits per heavy atom. The molecule has 0 aromatic rings. The number of likely N-dealkylation sites (tertiary alicyclic amines) is 1. The molecule has 17 heavy (non-hydrogen) atoms. The number of rotatable bonds is 2. The first-order valence-electron chi connectivity index (χ1n) is 7.18. The molecule has 100 valence electrons. The van der Waals surface area contributed by atoms with Crippen LogP contribution < -0.4 is 5.32 Å². The van der Waals surface area contributed by atoms with Crippen molar-refractivity contribution in [3.63, 3.8) is 0 Å². The highest BCUT2D eigenvalue weighted by molar-refractivity contribution is 5.80. The van der Waals surface area contributed by atoms with Gasteiger partial charge in [-0.05, 0) is 24.7 Å². The SMILES string of the molecule is CC.CC(C)C1CCN(C(=O)C2CNC2)CC1. The standard InChI is InChI=1S/C12H22N2O.C2H6/c1-9(2)10-3-5-14(6-4-10)12(15)11-7-13-8-11;1-2/h9-11,13H,3-8H2,1-2H3;1-2H3. The van der Waals surface area contributed by atoms with Crippen LogP contribution in [0.3, 0.4) is 0 Å². The highest BCUT2D eigenvalue weighted by Crippen LogP contribution is 2.25. The summed E-state index contributed by atoms with van der Waals surface area (Å²) in [6.07, 6.45) is 2.40. The number of nitrogens with zero attached hydrogens (tertiary/aromatic N) is 1. The van der Waals surface area contributed by atoms with Gasteiger partial charge in [0, 0.05) is 26.2 Å². The van der Waals surface area contributed by atoms with Gasteiger partial charge in [-0.25, -0.2) is 0 Å². The molecule has 3 heteroatoms. The van der Waals surface area contributed by atoms with Crippen LogP contribution in [0.15, 0.2) is 0 Å². The number of carbonyl (C=O) groups is 1. The number of nitrogens with one attached hydrogen (secondary N) is 1. The van der Waals surface area contributed by atoms with E-state index in [0.717, 1.165) is 38.0 Å². The lowest BCUT2D eigenvalue weighted by atomic mass is 9.86. The monoisotopic (exact) mass is 240 g/mol. The molecule has 1 N–H and O–H groups in total. The van der Waals surface area contributed by atoms with E-state index in [2.05, 4.69) is 24.1 Å². The fourth-order valence-corrected chi connectivity index (χ4v) is 2.51. The summed E-state index contributed by atoms with van der Waals surface area (Å²) in [6.45, 7) is 12.3. The van der Waals surface area contributed by atoms with Crippen molar-refractivity contribution in [3.8, 4) is 0 Å². The Labute approximate surface area is 106 Å². The zero-order chi connectivity index (χ0) is 12.8. The van der Waals surface area contributed by atoms with Crippen LogP contribution >= 0.6 is 0 Å². The van der Waals surface area contributed by atoms with Crippen molar-refractivity contribution < 1.29 is 4.79 Å². The molecule has 0 spiro atoms. The fourth-order valence-electron chi connectivity index (χ4n) is 2.51. The van der Waals surface area contributed by atoms with Gasteiger partial charge in [0.05, 0.1) is 5.92 Å². The Kier molecular flexibility index (Phi) is 5.96. The number of piperidine rings is 1. The molecule has 0 atom stereocenters. The van der Waals surface area contributed by atoms with Crippen LogP contribution in [0.25, 0.3) is 0 Å². The van der Waals surface area contributed by atoms with Crippen molar-refractivity contribution in [2.75, 3.05) is 26.2 Å². The Morgan fingerprint density at radius 2 is 1.71 bits per heavy atom. The molecule has 0 aliphatic carbocycles. The summed E-state index contributed by atoms with van der Waals surface area (Å²) in [5.74, 6) is 2.26. The first-order valence-corrected chi connectivity index (χ1v) is 7.18. The van der Waals surface area contributed by atoms with Crippen LogP contribution in [-0.2, 0) is 4.79 Å². The molecule has 0 unspecified atom stereocenters. The first-order chi connectivity index (χ1) is 8.18. The van der Waals surface area contributed by atoms with Gasteiger partial charge in [-0.1, -0.05) is 27.7 Å². The smallest absolute Gasteiger partial charge is 0.228 e. The van der Waals surface area contributed by atoms with E-state index in [1.807, 2.05) is 13.8 Å². The van der Waals surface area contributed by atoms with Gasteiger partial charge in [-0.3, -0.25) is 4.79 Å². The van der Waals surface area contributed by atoms with E-state index < -0.39 is 0 Å². The third kappa shape index (κ3) is 3.70. The van der Waals surface area contributed by atoms with Gasteiger partial charge < -0.3 is 10.2 Å². The van der Waals surface area contributed by atoms with Crippen LogP contribution in [0.4, 0.5) is 0 Å². The molecule has 0 radical (unpaired) electrons. The zero-order valence-electron chi connectivity index (χ0n) is 11.8. The molecule has 0 bridgehead atoms. The van der Waals surface area contributed by atoms with Crippen LogP contribution in [0.2, 0.25) is 0 Å². The van der Waals surface area contributed by atoms with Gasteiger partial charge in [-0.2, -0.15) is 0 Å². The second-order valence-electron chi connectivity index (χ2n) is 5.26. The minimum atomic E-state index is 0.278. The van der Waals surface area contributed by atoms with E-state index in [0.29, 0.717) is 5.91 Å². The molecular weight excluding hydrogens is 212 g/mol. The molecular formula is C14H28N2O. The van der Waals surface area contributed by atoms with Crippen LogP contribution in [0, 0.1) is 17.8 Å². The van der Waals surface area contributed by atoms with Gasteiger partial charge in [0.25, 0.3) is 0 Å². The van der Waals surface area contributed by atoms with Crippen LogP contribution in [0.5, 0.6) is 0 Å². The summed E-state index contributed by atoms with van der Waals surface area (Å²) in [5.41, 5.74) is 0. The zero-order valence-corrected chi connectivity index (χ0v) is 11.8. The van der Waals surface area contributed by atoms with Crippen molar-refractivity contribution in [1.82, 2.24) is 10.2 Å². The highest BCUT2D eigenvalue weighted by Gasteiger charge is 2.31. The molecule has 0 aromatic carbocycles. The minimum absolute atomic E-state index is 0.278. The average molecular weight is 240 g/mol. The highest BCUT2D eigenvalue weighted by atomic mass is 16.2. The summed E-state index contributed by atoms with van der Waals surface area (Å²) in [7, 11) is 0. The summed E-state index contributed by atoms with van der Waals surface area (Å²) in [6, 6.07) is 0. The Bertz CT molecular complexity index is 228. The van der Waals surface area contributed by atoms with Gasteiger partial charge >= 0.3 is 0 Å². The molecule has 2 aliphatic heterocycles. The quantitative estimate of drug-likeness (QED) is 0.802. The topological polar surface area (TPSA) is 32.3 Å². The van der Waals surface area contributed by atoms with E-state index in [1.165, 1.54) is 12.8 Å². The van der Waals surface area contributed by atoms with E-state index >= 15 is 0 Å². The normalized spacial score (nSPS) is 21.8. The molecule has 0 aromatic heterocycles. The van der Waals surface area contributed by atoms with Gasteiger partial charge in [0.1, 0.15) is 0 Å². The van der Waals surface area contributed by atoms with Gasteiger partial charge in [-0.15, -0.1) is 0 Å². The molecule has 1 amide bonds. The lowest BCUT2D eigenvalue weighted by Crippen LogP contribution is -2.53. The number of amides is 1. The Morgan fingerprint density at radius 3 is 2.06 bits per heavy atom. The molecule has 2 aliphatic rings. The molecule has 0 saturated carbocycles. The molecule has 2 heterocycles. The second-order valence-corrected chi connectivity index (χ2v) is 5.26. The third-order valence-corrected chi connectivity index (χ3v) is 3.92. The molecule has 2 fully saturated rings. The molecule has 3 nitrogen and oxygen atoms in total. The third-order valence-electron chi connectivity index (χ3n) is 3.92. The van der Waals surface area contributed by atoms with Crippen molar-refractivity contribution in [3.05, 3.63) is 0 Å². The maximum Gasteiger partial charge on any atom is 0.228 e. The predicted octanol–water partition coefficient (Wildman–Crippen LogP) is 2.13. The second kappa shape index (κ2) is 7.00. The molecule has 2 rings (SSSR count). The number of carbonyl (C=O) groups excluding carboxylic acids is 1. The minimum Gasteiger partial charge on any atom is -0.342 e. The van der Waals surface area contributed by atoms with E-state index in [1.54, 1.807) is 0 Å². The maximum atomic E-state index is 11.9. The number of hydrogen-bond donors (Lipinski definition) is 1. The van der Waals surface area contributed by atoms with E-state index in [9.17, 15) is 4.79 Å². The van der Waals surface area contributed by atoms with Crippen LogP contribution in [0.1, 0.15) is 40.5 Å². The first kappa shape index (κ1) is 14.5. The van der Waals surface area contributed by atoms with E-state index in [4.69, 9.17) is 0 Å². The largest absolute Gasteiger partial charge is 0.342 e. The average Bonchev–Trinajstić information content (AvgIpc) is 2.29. The lowest BCUT2D eigenvalue weighted by Gasteiger charge is -2.38. The maximum absolute atomic E-state index is 11.9. The van der Waals surface area contributed by atoms with Crippen LogP contribution in [-0.4, -0.2) is 37.0 Å². The van der Waals surface area contributed by atoms with Gasteiger partial charge in [0.2, 0.25) is 5.91 Å². The van der Waals surface area contributed by atoms with E-state index in [-0.39, 0.29) is 5.92 Å². The van der Waals surface area contributed by atoms with Crippen molar-refractivity contribution in [2.45, 2.75) is 40.5 Å². The number of hydrogen-bond acceptors (Lipinski definition) is 2. The van der Waals surface area contributed by atoms with Crippen molar-refractivity contribution in [2.24, 2.45) is 17.8 Å². The summed E-state index contributed by atoms with van der Waals surface area (Å²) >= 11 is 0. The van der Waals surface area contributed by atoms with Crippen molar-refractivity contribution >= 4 is 5.91 Å². The van der Waals surface area contributed by atoms with Gasteiger partial charge in [0.15, 0.2) is 0 Å². The molecule has 2 saturated heterocycles. The Hall–Kier alpha value is -0.570.